The second kappa shape index (κ2) is 2.91. The summed E-state index contributed by atoms with van der Waals surface area (Å²) in [5.41, 5.74) is 6.19. The molecule has 0 fully saturated rings. The van der Waals surface area contributed by atoms with Crippen molar-refractivity contribution in [2.24, 2.45) is 0 Å². The first-order chi connectivity index (χ1) is 6.48. The Morgan fingerprint density at radius 1 is 1.43 bits per heavy atom. The number of hydrogen-bond acceptors (Lipinski definition) is 5. The zero-order valence-corrected chi connectivity index (χ0v) is 8.47. The molecule has 7 heteroatoms. The van der Waals surface area contributed by atoms with Crippen molar-refractivity contribution in [3.05, 3.63) is 18.2 Å². The van der Waals surface area contributed by atoms with E-state index in [1.165, 1.54) is 18.2 Å². The first-order valence-corrected chi connectivity index (χ1v) is 5.82. The third-order valence-electron chi connectivity index (χ3n) is 1.77. The molecule has 1 heterocycles. The van der Waals surface area contributed by atoms with Crippen molar-refractivity contribution in [1.29, 1.82) is 0 Å². The largest absolute Gasteiger partial charge is 0.389 e. The van der Waals surface area contributed by atoms with Gasteiger partial charge >= 0.3 is 0 Å². The topological polar surface area (TPSA) is 93.3 Å². The van der Waals surface area contributed by atoms with Crippen LogP contribution in [0.1, 0.15) is 0 Å². The van der Waals surface area contributed by atoms with E-state index >= 15 is 0 Å². The molecule has 74 valence electrons. The molecular formula is C7H6N2O3S2. The van der Waals surface area contributed by atoms with Gasteiger partial charge in [-0.25, -0.2) is 0 Å². The van der Waals surface area contributed by atoms with E-state index in [1.54, 1.807) is 0 Å². The number of nitrogens with zero attached hydrogens (tertiary/aromatic N) is 1. The number of nitrogens with two attached hydrogens (primary N) is 1. The summed E-state index contributed by atoms with van der Waals surface area (Å²) in [6, 6.07) is 4.10. The fourth-order valence-electron chi connectivity index (χ4n) is 1.10. The molecule has 0 bridgehead atoms. The fraction of sp³-hybridized carbons (Fsp3) is 0. The van der Waals surface area contributed by atoms with Gasteiger partial charge in [-0.05, 0) is 29.7 Å². The molecule has 0 unspecified atom stereocenters. The van der Waals surface area contributed by atoms with E-state index in [0.717, 1.165) is 11.5 Å². The molecule has 0 aliphatic carbocycles. The van der Waals surface area contributed by atoms with Crippen molar-refractivity contribution in [2.45, 2.75) is 4.90 Å². The van der Waals surface area contributed by atoms with Crippen molar-refractivity contribution in [3.8, 4) is 0 Å². The Bertz CT molecular complexity index is 588. The maximum absolute atomic E-state index is 10.8. The van der Waals surface area contributed by atoms with Gasteiger partial charge in [0.2, 0.25) is 0 Å². The monoisotopic (exact) mass is 230 g/mol. The van der Waals surface area contributed by atoms with Crippen LogP contribution in [0, 0.1) is 0 Å². The van der Waals surface area contributed by atoms with Crippen LogP contribution in [0.3, 0.4) is 0 Å². The molecule has 0 saturated carbocycles. The van der Waals surface area contributed by atoms with Crippen LogP contribution in [0.25, 0.3) is 10.9 Å². The Labute approximate surface area is 84.1 Å². The van der Waals surface area contributed by atoms with Gasteiger partial charge in [0, 0.05) is 5.39 Å². The molecule has 0 saturated heterocycles. The van der Waals surface area contributed by atoms with Crippen molar-refractivity contribution >= 4 is 37.6 Å². The van der Waals surface area contributed by atoms with Crippen molar-refractivity contribution in [3.63, 3.8) is 0 Å². The number of rotatable bonds is 1. The lowest BCUT2D eigenvalue weighted by atomic mass is 10.2. The predicted molar refractivity (Wildman–Crippen MR) is 53.8 cm³/mol. The number of benzene rings is 1. The van der Waals surface area contributed by atoms with Gasteiger partial charge in [-0.1, -0.05) is 0 Å². The molecule has 2 rings (SSSR count). The summed E-state index contributed by atoms with van der Waals surface area (Å²) in [5, 5.41) is 0.982. The van der Waals surface area contributed by atoms with Crippen LogP contribution in [-0.2, 0) is 10.1 Å². The van der Waals surface area contributed by atoms with E-state index in [0.29, 0.717) is 15.9 Å². The lowest BCUT2D eigenvalue weighted by molar-refractivity contribution is 0.483. The SMILES string of the molecule is Nc1snc2ccc(S(=O)(=O)O)cc12. The molecule has 0 aliphatic heterocycles. The van der Waals surface area contributed by atoms with Gasteiger partial charge in [-0.15, -0.1) is 0 Å². The highest BCUT2D eigenvalue weighted by atomic mass is 32.2. The molecule has 0 spiro atoms. The molecule has 0 amide bonds. The second-order valence-corrected chi connectivity index (χ2v) is 4.93. The summed E-state index contributed by atoms with van der Waals surface area (Å²) in [6.45, 7) is 0. The highest BCUT2D eigenvalue weighted by Crippen LogP contribution is 2.26. The molecule has 0 radical (unpaired) electrons. The highest BCUT2D eigenvalue weighted by molar-refractivity contribution is 7.85. The van der Waals surface area contributed by atoms with Crippen LogP contribution in [0.5, 0.6) is 0 Å². The summed E-state index contributed by atoms with van der Waals surface area (Å²) < 4.78 is 34.4. The Kier molecular flexibility index (Phi) is 1.95. The second-order valence-electron chi connectivity index (χ2n) is 2.70. The summed E-state index contributed by atoms with van der Waals surface area (Å²) in [4.78, 5) is -0.170. The quantitative estimate of drug-likeness (QED) is 0.716. The van der Waals surface area contributed by atoms with E-state index in [-0.39, 0.29) is 4.90 Å². The third-order valence-corrected chi connectivity index (χ3v) is 3.33. The summed E-state index contributed by atoms with van der Waals surface area (Å²) in [5.74, 6) is 0. The number of hydrogen-bond donors (Lipinski definition) is 2. The van der Waals surface area contributed by atoms with Crippen LogP contribution in [0.15, 0.2) is 23.1 Å². The summed E-state index contributed by atoms with van der Waals surface area (Å²) in [6.07, 6.45) is 0. The molecule has 0 atom stereocenters. The molecule has 3 N–H and O–H groups in total. The Morgan fingerprint density at radius 2 is 2.14 bits per heavy atom. The molecular weight excluding hydrogens is 224 g/mol. The van der Waals surface area contributed by atoms with Gasteiger partial charge in [0.05, 0.1) is 10.4 Å². The van der Waals surface area contributed by atoms with E-state index in [2.05, 4.69) is 4.37 Å². The fourth-order valence-corrected chi connectivity index (χ4v) is 2.22. The zero-order chi connectivity index (χ0) is 10.3. The standard InChI is InChI=1S/C7H6N2O3S2/c8-7-5-3-4(14(10,11)12)1-2-6(5)9-13-7/h1-3H,8H2,(H,10,11,12). The lowest BCUT2D eigenvalue weighted by Crippen LogP contribution is -1.97. The van der Waals surface area contributed by atoms with Gasteiger partial charge in [0.15, 0.2) is 0 Å². The molecule has 5 nitrogen and oxygen atoms in total. The first kappa shape index (κ1) is 9.38. The van der Waals surface area contributed by atoms with E-state index < -0.39 is 10.1 Å². The average Bonchev–Trinajstić information content (AvgIpc) is 2.46. The van der Waals surface area contributed by atoms with Gasteiger partial charge in [0.25, 0.3) is 10.1 Å². The van der Waals surface area contributed by atoms with Gasteiger partial charge in [-0.2, -0.15) is 12.8 Å². The zero-order valence-electron chi connectivity index (χ0n) is 6.84. The predicted octanol–water partition coefficient (Wildman–Crippen LogP) is 1.13. The van der Waals surface area contributed by atoms with Crippen LogP contribution < -0.4 is 5.73 Å². The van der Waals surface area contributed by atoms with Crippen molar-refractivity contribution in [1.82, 2.24) is 4.37 Å². The lowest BCUT2D eigenvalue weighted by Gasteiger charge is -1.96. The van der Waals surface area contributed by atoms with Crippen LogP contribution in [0.2, 0.25) is 0 Å². The normalized spacial score (nSPS) is 12.1. The van der Waals surface area contributed by atoms with Gasteiger partial charge in [0.1, 0.15) is 5.00 Å². The molecule has 1 aromatic carbocycles. The summed E-state index contributed by atoms with van der Waals surface area (Å²) >= 11 is 1.09. The molecule has 0 aliphatic rings. The number of anilines is 1. The highest BCUT2D eigenvalue weighted by Gasteiger charge is 2.12. The first-order valence-electron chi connectivity index (χ1n) is 3.61. The van der Waals surface area contributed by atoms with Crippen LogP contribution >= 0.6 is 11.5 Å². The Hall–Kier alpha value is -1.18. The average molecular weight is 230 g/mol. The van der Waals surface area contributed by atoms with Gasteiger partial charge in [-0.3, -0.25) is 4.55 Å². The number of aromatic nitrogens is 1. The van der Waals surface area contributed by atoms with Crippen molar-refractivity contribution in [2.75, 3.05) is 5.73 Å². The number of fused-ring (bicyclic) bond motifs is 1. The van der Waals surface area contributed by atoms with Crippen molar-refractivity contribution < 1.29 is 13.0 Å². The molecule has 14 heavy (non-hydrogen) atoms. The van der Waals surface area contributed by atoms with E-state index in [9.17, 15) is 8.42 Å². The molecule has 1 aromatic heterocycles. The Balaban J connectivity index is 2.79. The Morgan fingerprint density at radius 3 is 2.79 bits per heavy atom. The summed E-state index contributed by atoms with van der Waals surface area (Å²) in [7, 11) is -4.17. The van der Waals surface area contributed by atoms with E-state index in [1.807, 2.05) is 0 Å². The van der Waals surface area contributed by atoms with Gasteiger partial charge < -0.3 is 5.73 Å². The van der Waals surface area contributed by atoms with Crippen LogP contribution in [-0.4, -0.2) is 17.3 Å². The van der Waals surface area contributed by atoms with E-state index in [4.69, 9.17) is 10.3 Å². The minimum atomic E-state index is -4.17. The smallest absolute Gasteiger partial charge is 0.294 e. The minimum absolute atomic E-state index is 0.170. The maximum atomic E-state index is 10.8. The molecule has 2 aromatic rings. The maximum Gasteiger partial charge on any atom is 0.294 e. The minimum Gasteiger partial charge on any atom is -0.389 e. The number of nitrogen functional groups attached to an aromatic ring is 1. The third kappa shape index (κ3) is 1.45. The van der Waals surface area contributed by atoms with Crippen LogP contribution in [0.4, 0.5) is 5.00 Å².